The van der Waals surface area contributed by atoms with Gasteiger partial charge in [-0.3, -0.25) is 9.59 Å². The van der Waals surface area contributed by atoms with Crippen LogP contribution in [0.2, 0.25) is 0 Å². The van der Waals surface area contributed by atoms with Crippen LogP contribution in [0, 0.1) is 5.41 Å². The smallest absolute Gasteiger partial charge is 0.233 e. The number of carbonyl (C=O) groups excluding carboxylic acids is 2. The minimum Gasteiger partial charge on any atom is -0.392 e. The molecule has 0 radical (unpaired) electrons. The number of carbonyl (C=O) groups is 2. The van der Waals surface area contributed by atoms with Gasteiger partial charge in [0, 0.05) is 18.5 Å². The molecule has 0 heterocycles. The third kappa shape index (κ3) is 5.45. The molecule has 0 aliphatic heterocycles. The van der Waals surface area contributed by atoms with Crippen LogP contribution in [0.15, 0.2) is 0 Å². The van der Waals surface area contributed by atoms with Crippen molar-refractivity contribution < 1.29 is 9.59 Å². The van der Waals surface area contributed by atoms with Crippen LogP contribution in [-0.2, 0) is 9.59 Å². The summed E-state index contributed by atoms with van der Waals surface area (Å²) >= 11 is 5.02. The highest BCUT2D eigenvalue weighted by Gasteiger charge is 2.37. The Morgan fingerprint density at radius 1 is 1.15 bits per heavy atom. The number of hydrogen-bond acceptors (Lipinski definition) is 3. The Morgan fingerprint density at radius 2 is 1.65 bits per heavy atom. The van der Waals surface area contributed by atoms with Crippen molar-refractivity contribution in [2.45, 2.75) is 59.4 Å². The Labute approximate surface area is 127 Å². The molecule has 0 atom stereocenters. The van der Waals surface area contributed by atoms with Crippen molar-refractivity contribution in [3.8, 4) is 0 Å². The summed E-state index contributed by atoms with van der Waals surface area (Å²) in [6.07, 6.45) is 1.35. The maximum absolute atomic E-state index is 12.2. The van der Waals surface area contributed by atoms with E-state index in [-0.39, 0.29) is 35.3 Å². The molecule has 0 fully saturated rings. The van der Waals surface area contributed by atoms with Gasteiger partial charge in [-0.15, -0.1) is 0 Å². The van der Waals surface area contributed by atoms with E-state index in [9.17, 15) is 9.59 Å². The predicted octanol–water partition coefficient (Wildman–Crippen LogP) is 1.50. The summed E-state index contributed by atoms with van der Waals surface area (Å²) in [5.74, 6) is -0.287. The number of hydrogen-bond donors (Lipinski definition) is 3. The average Bonchev–Trinajstić information content (AvgIpc) is 2.28. The SMILES string of the molecule is CCC(CC)(C(=O)NCCC(=O)NC(C)(C)C)C(N)=S. The van der Waals surface area contributed by atoms with Gasteiger partial charge < -0.3 is 16.4 Å². The maximum atomic E-state index is 12.2. The minimum atomic E-state index is -0.810. The molecule has 0 unspecified atom stereocenters. The van der Waals surface area contributed by atoms with Crippen molar-refractivity contribution in [1.82, 2.24) is 10.6 Å². The number of amides is 2. The first-order chi connectivity index (χ1) is 9.09. The van der Waals surface area contributed by atoms with Gasteiger partial charge in [0.2, 0.25) is 11.8 Å². The molecule has 0 bridgehead atoms. The van der Waals surface area contributed by atoms with Crippen LogP contribution in [0.25, 0.3) is 0 Å². The molecule has 6 heteroatoms. The second-order valence-corrected chi connectivity index (χ2v) is 6.40. The number of nitrogens with two attached hydrogens (primary N) is 1. The van der Waals surface area contributed by atoms with Gasteiger partial charge in [-0.1, -0.05) is 26.1 Å². The van der Waals surface area contributed by atoms with Gasteiger partial charge in [0.25, 0.3) is 0 Å². The van der Waals surface area contributed by atoms with Gasteiger partial charge in [-0.2, -0.15) is 0 Å². The van der Waals surface area contributed by atoms with Crippen molar-refractivity contribution in [3.05, 3.63) is 0 Å². The molecule has 0 spiro atoms. The normalized spacial score (nSPS) is 11.8. The lowest BCUT2D eigenvalue weighted by atomic mass is 9.81. The summed E-state index contributed by atoms with van der Waals surface area (Å²) in [6, 6.07) is 0. The third-order valence-corrected chi connectivity index (χ3v) is 3.66. The highest BCUT2D eigenvalue weighted by molar-refractivity contribution is 7.80. The highest BCUT2D eigenvalue weighted by atomic mass is 32.1. The highest BCUT2D eigenvalue weighted by Crippen LogP contribution is 2.27. The van der Waals surface area contributed by atoms with Crippen LogP contribution >= 0.6 is 12.2 Å². The predicted molar refractivity (Wildman–Crippen MR) is 85.3 cm³/mol. The lowest BCUT2D eigenvalue weighted by Gasteiger charge is -2.29. The minimum absolute atomic E-state index is 0.0910. The zero-order valence-electron chi connectivity index (χ0n) is 13.1. The average molecular weight is 301 g/mol. The lowest BCUT2D eigenvalue weighted by molar-refractivity contribution is -0.128. The largest absolute Gasteiger partial charge is 0.392 e. The van der Waals surface area contributed by atoms with E-state index in [0.29, 0.717) is 12.8 Å². The molecule has 0 rings (SSSR count). The fraction of sp³-hybridized carbons (Fsp3) is 0.786. The molecule has 5 nitrogen and oxygen atoms in total. The summed E-state index contributed by atoms with van der Waals surface area (Å²) < 4.78 is 0. The molecule has 0 aliphatic carbocycles. The monoisotopic (exact) mass is 301 g/mol. The van der Waals surface area contributed by atoms with Crippen molar-refractivity contribution in [2.75, 3.05) is 6.54 Å². The summed E-state index contributed by atoms with van der Waals surface area (Å²) in [5, 5.41) is 5.60. The molecule has 0 aromatic carbocycles. The molecule has 0 aliphatic rings. The van der Waals surface area contributed by atoms with Crippen molar-refractivity contribution in [2.24, 2.45) is 11.1 Å². The van der Waals surface area contributed by atoms with Crippen molar-refractivity contribution >= 4 is 29.0 Å². The van der Waals surface area contributed by atoms with Crippen LogP contribution in [0.3, 0.4) is 0 Å². The van der Waals surface area contributed by atoms with E-state index in [1.807, 2.05) is 34.6 Å². The van der Waals surface area contributed by atoms with E-state index in [1.54, 1.807) is 0 Å². The van der Waals surface area contributed by atoms with Gasteiger partial charge in [0.05, 0.1) is 10.4 Å². The van der Waals surface area contributed by atoms with Crippen molar-refractivity contribution in [1.29, 1.82) is 0 Å². The Kier molecular flexibility index (Phi) is 7.13. The molecule has 116 valence electrons. The fourth-order valence-corrected chi connectivity index (χ4v) is 2.35. The molecule has 20 heavy (non-hydrogen) atoms. The third-order valence-electron chi connectivity index (χ3n) is 3.27. The molecule has 0 aromatic heterocycles. The number of nitrogens with one attached hydrogen (secondary N) is 2. The Hall–Kier alpha value is -1.17. The van der Waals surface area contributed by atoms with E-state index in [4.69, 9.17) is 18.0 Å². The Morgan fingerprint density at radius 3 is 2.00 bits per heavy atom. The zero-order valence-corrected chi connectivity index (χ0v) is 13.9. The van der Waals surface area contributed by atoms with E-state index in [1.165, 1.54) is 0 Å². The Balaban J connectivity index is 4.42. The van der Waals surface area contributed by atoms with E-state index >= 15 is 0 Å². The molecular weight excluding hydrogens is 274 g/mol. The number of rotatable bonds is 7. The van der Waals surface area contributed by atoms with Crippen LogP contribution in [-0.4, -0.2) is 28.9 Å². The first kappa shape index (κ1) is 18.8. The van der Waals surface area contributed by atoms with E-state index < -0.39 is 5.41 Å². The summed E-state index contributed by atoms with van der Waals surface area (Å²) in [4.78, 5) is 24.1. The number of thiocarbonyl (C=S) groups is 1. The van der Waals surface area contributed by atoms with Crippen LogP contribution in [0.1, 0.15) is 53.9 Å². The van der Waals surface area contributed by atoms with E-state index in [2.05, 4.69) is 10.6 Å². The van der Waals surface area contributed by atoms with Crippen LogP contribution < -0.4 is 16.4 Å². The van der Waals surface area contributed by atoms with Gasteiger partial charge in [-0.25, -0.2) is 0 Å². The second-order valence-electron chi connectivity index (χ2n) is 5.96. The summed E-state index contributed by atoms with van der Waals surface area (Å²) in [7, 11) is 0. The second kappa shape index (κ2) is 7.57. The van der Waals surface area contributed by atoms with Crippen LogP contribution in [0.4, 0.5) is 0 Å². The van der Waals surface area contributed by atoms with Gasteiger partial charge in [0.1, 0.15) is 0 Å². The maximum Gasteiger partial charge on any atom is 0.233 e. The summed E-state index contributed by atoms with van der Waals surface area (Å²) in [5.41, 5.74) is 4.62. The first-order valence-corrected chi connectivity index (χ1v) is 7.39. The van der Waals surface area contributed by atoms with Crippen LogP contribution in [0.5, 0.6) is 0 Å². The molecule has 0 aromatic rings. The fourth-order valence-electron chi connectivity index (χ4n) is 1.97. The van der Waals surface area contributed by atoms with E-state index in [0.717, 1.165) is 0 Å². The zero-order chi connectivity index (χ0) is 16.0. The topological polar surface area (TPSA) is 84.2 Å². The molecule has 0 saturated carbocycles. The quantitative estimate of drug-likeness (QED) is 0.622. The van der Waals surface area contributed by atoms with Crippen molar-refractivity contribution in [3.63, 3.8) is 0 Å². The lowest BCUT2D eigenvalue weighted by Crippen LogP contribution is -2.49. The molecular formula is C14H27N3O2S. The summed E-state index contributed by atoms with van der Waals surface area (Å²) in [6.45, 7) is 9.79. The van der Waals surface area contributed by atoms with Gasteiger partial charge in [-0.05, 0) is 33.6 Å². The first-order valence-electron chi connectivity index (χ1n) is 6.98. The molecule has 4 N–H and O–H groups in total. The van der Waals surface area contributed by atoms with Gasteiger partial charge in [0.15, 0.2) is 0 Å². The standard InChI is InChI=1S/C14H27N3O2S/c1-6-14(7-2,11(15)20)12(19)16-9-8-10(18)17-13(3,4)5/h6-9H2,1-5H3,(H2,15,20)(H,16,19)(H,17,18). The molecule has 0 saturated heterocycles. The Bertz CT molecular complexity index is 371. The van der Waals surface area contributed by atoms with Gasteiger partial charge >= 0.3 is 0 Å². The molecule has 2 amide bonds.